The molecule has 1 aliphatic rings. The second kappa shape index (κ2) is 3.51. The van der Waals surface area contributed by atoms with E-state index in [-0.39, 0.29) is 11.3 Å². The minimum Gasteiger partial charge on any atom is -0.247 e. The van der Waals surface area contributed by atoms with Crippen LogP contribution in [0, 0.1) is 6.92 Å². The molecule has 0 unspecified atom stereocenters. The fourth-order valence-corrected chi connectivity index (χ4v) is 2.30. The van der Waals surface area contributed by atoms with Crippen molar-refractivity contribution in [1.29, 1.82) is 0 Å². The van der Waals surface area contributed by atoms with Crippen molar-refractivity contribution in [2.24, 2.45) is 0 Å². The van der Waals surface area contributed by atoms with E-state index < -0.39 is 11.7 Å². The number of para-hydroxylation sites is 1. The Morgan fingerprint density at radius 3 is 2.39 bits per heavy atom. The molecule has 91 valence electrons. The van der Waals surface area contributed by atoms with Gasteiger partial charge in [-0.3, -0.25) is 0 Å². The maximum Gasteiger partial charge on any atom is 0.418 e. The average molecular weight is 248 g/mol. The highest BCUT2D eigenvalue weighted by Gasteiger charge is 2.39. The lowest BCUT2D eigenvalue weighted by molar-refractivity contribution is -0.137. The lowest BCUT2D eigenvalue weighted by Crippen LogP contribution is -2.10. The minimum atomic E-state index is -4.37. The van der Waals surface area contributed by atoms with Crippen LogP contribution in [0.2, 0.25) is 0 Å². The molecular weight excluding hydrogens is 239 g/mol. The van der Waals surface area contributed by atoms with Crippen molar-refractivity contribution in [1.82, 2.24) is 5.32 Å². The predicted molar refractivity (Wildman–Crippen MR) is 63.1 cm³/mol. The summed E-state index contributed by atoms with van der Waals surface area (Å²) in [5.74, 6) is 0. The van der Waals surface area contributed by atoms with Gasteiger partial charge in [-0.15, -0.1) is 0 Å². The number of nitrogens with zero attached hydrogens (tertiary/aromatic N) is 1. The number of fused-ring (bicyclic) bond motifs is 3. The molecule has 0 saturated carbocycles. The van der Waals surface area contributed by atoms with Crippen molar-refractivity contribution in [2.45, 2.75) is 13.1 Å². The molecule has 0 aliphatic carbocycles. The lowest BCUT2D eigenvalue weighted by atomic mass is 9.99. The lowest BCUT2D eigenvalue weighted by Gasteiger charge is -2.14. The fourth-order valence-electron chi connectivity index (χ4n) is 2.30. The van der Waals surface area contributed by atoms with E-state index in [4.69, 9.17) is 0 Å². The highest BCUT2D eigenvalue weighted by Crippen LogP contribution is 2.49. The van der Waals surface area contributed by atoms with Crippen molar-refractivity contribution in [2.75, 3.05) is 0 Å². The van der Waals surface area contributed by atoms with E-state index in [0.29, 0.717) is 11.3 Å². The summed E-state index contributed by atoms with van der Waals surface area (Å²) in [5.41, 5.74) is 1.54. The van der Waals surface area contributed by atoms with Crippen LogP contribution in [0.25, 0.3) is 11.1 Å². The summed E-state index contributed by atoms with van der Waals surface area (Å²) < 4.78 is 39.2. The van der Waals surface area contributed by atoms with E-state index >= 15 is 0 Å². The van der Waals surface area contributed by atoms with Crippen LogP contribution in [0.4, 0.5) is 24.5 Å². The van der Waals surface area contributed by atoms with Crippen LogP contribution < -0.4 is 5.32 Å². The average Bonchev–Trinajstić information content (AvgIpc) is 2.64. The van der Waals surface area contributed by atoms with Crippen LogP contribution in [-0.2, 0) is 6.18 Å². The molecule has 3 rings (SSSR count). The van der Waals surface area contributed by atoms with Gasteiger partial charge in [-0.05, 0) is 18.6 Å². The van der Waals surface area contributed by atoms with Gasteiger partial charge in [-0.25, -0.2) is 5.32 Å². The molecule has 2 aromatic rings. The van der Waals surface area contributed by atoms with Crippen LogP contribution in [0.15, 0.2) is 36.4 Å². The zero-order chi connectivity index (χ0) is 12.9. The van der Waals surface area contributed by atoms with Gasteiger partial charge in [0.1, 0.15) is 0 Å². The second-order valence-corrected chi connectivity index (χ2v) is 4.28. The Bertz CT molecular complexity index is 629. The molecule has 1 heterocycles. The molecule has 4 heteroatoms. The van der Waals surface area contributed by atoms with E-state index in [9.17, 15) is 13.2 Å². The number of hydrogen-bond acceptors (Lipinski definition) is 0. The summed E-state index contributed by atoms with van der Waals surface area (Å²) in [4.78, 5) is 0. The van der Waals surface area contributed by atoms with Gasteiger partial charge in [0.2, 0.25) is 0 Å². The van der Waals surface area contributed by atoms with Crippen molar-refractivity contribution >= 4 is 11.4 Å². The molecule has 0 bridgehead atoms. The van der Waals surface area contributed by atoms with E-state index in [2.05, 4.69) is 5.32 Å². The van der Waals surface area contributed by atoms with Crippen LogP contribution in [0.1, 0.15) is 11.1 Å². The summed E-state index contributed by atoms with van der Waals surface area (Å²) >= 11 is 0. The van der Waals surface area contributed by atoms with Gasteiger partial charge in [0, 0.05) is 11.1 Å². The van der Waals surface area contributed by atoms with Gasteiger partial charge in [-0.1, -0.05) is 30.3 Å². The second-order valence-electron chi connectivity index (χ2n) is 4.28. The molecule has 1 nitrogen and oxygen atoms in total. The highest BCUT2D eigenvalue weighted by molar-refractivity contribution is 5.92. The molecule has 0 N–H and O–H groups in total. The van der Waals surface area contributed by atoms with E-state index in [1.807, 2.05) is 0 Å². The van der Waals surface area contributed by atoms with Crippen molar-refractivity contribution in [3.63, 3.8) is 0 Å². The maximum atomic E-state index is 13.1. The van der Waals surface area contributed by atoms with E-state index in [1.165, 1.54) is 13.0 Å². The molecule has 2 aromatic carbocycles. The number of hydrogen-bond donors (Lipinski definition) is 0. The van der Waals surface area contributed by atoms with Gasteiger partial charge < -0.3 is 0 Å². The first-order valence-electron chi connectivity index (χ1n) is 5.50. The molecule has 0 saturated heterocycles. The Balaban J connectivity index is 2.29. The molecule has 0 fully saturated rings. The van der Waals surface area contributed by atoms with E-state index in [1.54, 1.807) is 30.3 Å². The Morgan fingerprint density at radius 2 is 1.67 bits per heavy atom. The van der Waals surface area contributed by atoms with Gasteiger partial charge in [0.05, 0.1) is 16.9 Å². The van der Waals surface area contributed by atoms with Gasteiger partial charge >= 0.3 is 6.18 Å². The smallest absolute Gasteiger partial charge is 0.247 e. The van der Waals surface area contributed by atoms with Crippen LogP contribution >= 0.6 is 0 Å². The molecule has 18 heavy (non-hydrogen) atoms. The molecule has 1 radical (unpaired) electrons. The standard InChI is InChI=1S/C14H9F3N/c1-8-6-7-10-9-4-2-3-5-11(9)18-13(10)12(8)14(15,16)17/h2-7H,1H3. The highest BCUT2D eigenvalue weighted by atomic mass is 19.4. The molecule has 0 spiro atoms. The van der Waals surface area contributed by atoms with Gasteiger partial charge in [0.25, 0.3) is 0 Å². The summed E-state index contributed by atoms with van der Waals surface area (Å²) in [5, 5.41) is 4.12. The molecule has 1 aliphatic heterocycles. The fraction of sp³-hybridized carbons (Fsp3) is 0.143. The third kappa shape index (κ3) is 1.49. The normalized spacial score (nSPS) is 12.9. The number of benzene rings is 2. The number of aryl methyl sites for hydroxylation is 1. The van der Waals surface area contributed by atoms with Crippen molar-refractivity contribution in [3.05, 3.63) is 47.5 Å². The first kappa shape index (κ1) is 11.1. The minimum absolute atomic E-state index is 0.0451. The number of rotatable bonds is 0. The maximum absolute atomic E-state index is 13.1. The molecule has 0 aromatic heterocycles. The topological polar surface area (TPSA) is 14.1 Å². The van der Waals surface area contributed by atoms with Crippen molar-refractivity contribution < 1.29 is 13.2 Å². The third-order valence-corrected chi connectivity index (χ3v) is 3.10. The molecule has 0 atom stereocenters. The van der Waals surface area contributed by atoms with Crippen LogP contribution in [-0.4, -0.2) is 0 Å². The number of halogens is 3. The molecular formula is C14H9F3N. The third-order valence-electron chi connectivity index (χ3n) is 3.10. The predicted octanol–water partition coefficient (Wildman–Crippen LogP) is 4.56. The Morgan fingerprint density at radius 1 is 0.944 bits per heavy atom. The number of alkyl halides is 3. The Kier molecular flexibility index (Phi) is 2.17. The van der Waals surface area contributed by atoms with E-state index in [0.717, 1.165) is 5.56 Å². The SMILES string of the molecule is Cc1ccc2c(c1C(F)(F)F)[N]c1ccccc1-2. The quantitative estimate of drug-likeness (QED) is 0.553. The zero-order valence-electron chi connectivity index (χ0n) is 9.55. The van der Waals surface area contributed by atoms with Crippen molar-refractivity contribution in [3.8, 4) is 11.1 Å². The summed E-state index contributed by atoms with van der Waals surface area (Å²) in [6, 6.07) is 10.3. The van der Waals surface area contributed by atoms with Gasteiger partial charge in [0.15, 0.2) is 0 Å². The summed E-state index contributed by atoms with van der Waals surface area (Å²) in [7, 11) is 0. The van der Waals surface area contributed by atoms with Gasteiger partial charge in [-0.2, -0.15) is 13.2 Å². The summed E-state index contributed by atoms with van der Waals surface area (Å²) in [6.07, 6.45) is -4.37. The Hall–Kier alpha value is -1.97. The largest absolute Gasteiger partial charge is 0.418 e. The van der Waals surface area contributed by atoms with Crippen LogP contribution in [0.5, 0.6) is 0 Å². The summed E-state index contributed by atoms with van der Waals surface area (Å²) in [6.45, 7) is 1.46. The first-order chi connectivity index (χ1) is 8.48. The first-order valence-corrected chi connectivity index (χ1v) is 5.50. The zero-order valence-corrected chi connectivity index (χ0v) is 9.55. The Labute approximate surface area is 102 Å². The monoisotopic (exact) mass is 248 g/mol. The van der Waals surface area contributed by atoms with Crippen LogP contribution in [0.3, 0.4) is 0 Å². The molecule has 0 amide bonds.